The molecule has 130 valence electrons. The predicted octanol–water partition coefficient (Wildman–Crippen LogP) is 3.81. The molecule has 0 fully saturated rings. The zero-order valence-electron chi connectivity index (χ0n) is 13.0. The molecule has 1 N–H and O–H groups in total. The van der Waals surface area contributed by atoms with Gasteiger partial charge in [-0.3, -0.25) is 14.9 Å². The Morgan fingerprint density at radius 1 is 1.40 bits per heavy atom. The monoisotopic (exact) mass is 380 g/mol. The Hall–Kier alpha value is -2.71. The van der Waals surface area contributed by atoms with Gasteiger partial charge < -0.3 is 10.1 Å². The maximum Gasteiger partial charge on any atom is 0.331 e. The van der Waals surface area contributed by atoms with Crippen molar-refractivity contribution in [3.63, 3.8) is 0 Å². The number of nitrogens with zero attached hydrogens (tertiary/aromatic N) is 1. The second-order valence-electron chi connectivity index (χ2n) is 4.88. The number of nitro benzene ring substituents is 1. The molecule has 0 saturated carbocycles. The van der Waals surface area contributed by atoms with Crippen molar-refractivity contribution < 1.29 is 19.2 Å². The number of aryl methyl sites for hydroxylation is 1. The first-order chi connectivity index (χ1) is 11.9. The topological polar surface area (TPSA) is 98.5 Å². The smallest absolute Gasteiger partial charge is 0.331 e. The van der Waals surface area contributed by atoms with Gasteiger partial charge in [-0.25, -0.2) is 4.79 Å². The van der Waals surface area contributed by atoms with Crippen LogP contribution in [0.15, 0.2) is 35.7 Å². The van der Waals surface area contributed by atoms with Crippen molar-refractivity contribution in [1.82, 2.24) is 0 Å². The Kier molecular flexibility index (Phi) is 6.26. The summed E-state index contributed by atoms with van der Waals surface area (Å²) in [6.45, 7) is 1.34. The fourth-order valence-electron chi connectivity index (χ4n) is 1.84. The summed E-state index contributed by atoms with van der Waals surface area (Å²) < 4.78 is 4.81. The molecule has 1 heterocycles. The molecule has 2 aromatic rings. The molecule has 2 rings (SSSR count). The van der Waals surface area contributed by atoms with Gasteiger partial charge in [0.25, 0.3) is 11.6 Å². The minimum atomic E-state index is -0.709. The maximum atomic E-state index is 11.8. The number of carbonyl (C=O) groups is 2. The Morgan fingerprint density at radius 3 is 2.80 bits per heavy atom. The van der Waals surface area contributed by atoms with Crippen LogP contribution in [0.25, 0.3) is 6.08 Å². The van der Waals surface area contributed by atoms with Crippen LogP contribution in [0.4, 0.5) is 11.4 Å². The highest BCUT2D eigenvalue weighted by molar-refractivity contribution is 7.11. The molecule has 0 bridgehead atoms. The van der Waals surface area contributed by atoms with Crippen LogP contribution in [-0.4, -0.2) is 23.4 Å². The number of thiophene rings is 1. The Morgan fingerprint density at radius 2 is 2.16 bits per heavy atom. The van der Waals surface area contributed by atoms with Crippen molar-refractivity contribution in [1.29, 1.82) is 0 Å². The zero-order valence-corrected chi connectivity index (χ0v) is 14.6. The fraction of sp³-hybridized carbons (Fsp3) is 0.125. The lowest BCUT2D eigenvalue weighted by molar-refractivity contribution is -0.383. The molecule has 25 heavy (non-hydrogen) atoms. The van der Waals surface area contributed by atoms with Crippen LogP contribution in [0.1, 0.15) is 10.4 Å². The van der Waals surface area contributed by atoms with Crippen molar-refractivity contribution in [2.45, 2.75) is 6.92 Å². The maximum absolute atomic E-state index is 11.8. The molecular weight excluding hydrogens is 368 g/mol. The average molecular weight is 381 g/mol. The molecule has 0 radical (unpaired) electrons. The van der Waals surface area contributed by atoms with Gasteiger partial charge in [-0.05, 0) is 42.1 Å². The summed E-state index contributed by atoms with van der Waals surface area (Å²) in [5, 5.41) is 15.3. The Balaban J connectivity index is 1.92. The summed E-state index contributed by atoms with van der Waals surface area (Å²) in [5.74, 6) is -1.40. The van der Waals surface area contributed by atoms with E-state index < -0.39 is 23.4 Å². The number of esters is 1. The van der Waals surface area contributed by atoms with E-state index in [1.54, 1.807) is 6.08 Å². The first-order valence-electron chi connectivity index (χ1n) is 6.99. The van der Waals surface area contributed by atoms with Gasteiger partial charge >= 0.3 is 5.97 Å². The molecule has 0 aliphatic carbocycles. The second kappa shape index (κ2) is 8.41. The van der Waals surface area contributed by atoms with E-state index in [4.69, 9.17) is 16.3 Å². The number of anilines is 1. The minimum Gasteiger partial charge on any atom is -0.452 e. The van der Waals surface area contributed by atoms with Crippen molar-refractivity contribution in [2.24, 2.45) is 0 Å². The lowest BCUT2D eigenvalue weighted by Gasteiger charge is -2.06. The van der Waals surface area contributed by atoms with Gasteiger partial charge in [-0.2, -0.15) is 0 Å². The van der Waals surface area contributed by atoms with E-state index in [1.165, 1.54) is 35.6 Å². The molecule has 1 aromatic carbocycles. The van der Waals surface area contributed by atoms with E-state index in [1.807, 2.05) is 18.4 Å². The molecule has 0 aliphatic heterocycles. The third-order valence-electron chi connectivity index (χ3n) is 3.05. The molecule has 0 saturated heterocycles. The van der Waals surface area contributed by atoms with E-state index in [9.17, 15) is 19.7 Å². The third-order valence-corrected chi connectivity index (χ3v) is 4.27. The summed E-state index contributed by atoms with van der Waals surface area (Å²) in [6.07, 6.45) is 2.82. The standard InChI is InChI=1S/C16H13ClN2O5S/c1-10-6-7-25-14(10)4-5-16(21)24-9-15(20)18-12-8-11(17)2-3-13(12)19(22)23/h2-8H,9H2,1H3,(H,18,20)/b5-4+. The van der Waals surface area contributed by atoms with Crippen molar-refractivity contribution in [3.05, 3.63) is 61.3 Å². The molecule has 7 nitrogen and oxygen atoms in total. The highest BCUT2D eigenvalue weighted by atomic mass is 35.5. The van der Waals surface area contributed by atoms with E-state index in [0.29, 0.717) is 0 Å². The number of halogens is 1. The Bertz CT molecular complexity index is 847. The fourth-order valence-corrected chi connectivity index (χ4v) is 2.83. The third kappa shape index (κ3) is 5.40. The van der Waals surface area contributed by atoms with Gasteiger partial charge in [0.15, 0.2) is 6.61 Å². The average Bonchev–Trinajstić information content (AvgIpc) is 2.96. The van der Waals surface area contributed by atoms with Crippen LogP contribution in [0, 0.1) is 17.0 Å². The van der Waals surface area contributed by atoms with Crippen molar-refractivity contribution in [3.8, 4) is 0 Å². The minimum absolute atomic E-state index is 0.0664. The van der Waals surface area contributed by atoms with Gasteiger partial charge in [-0.15, -0.1) is 11.3 Å². The summed E-state index contributed by atoms with van der Waals surface area (Å²) >= 11 is 7.24. The number of amides is 1. The SMILES string of the molecule is Cc1ccsc1/C=C/C(=O)OCC(=O)Nc1cc(Cl)ccc1[N+](=O)[O-]. The first-order valence-corrected chi connectivity index (χ1v) is 8.25. The van der Waals surface area contributed by atoms with Crippen LogP contribution >= 0.6 is 22.9 Å². The predicted molar refractivity (Wildman–Crippen MR) is 95.8 cm³/mol. The largest absolute Gasteiger partial charge is 0.452 e. The molecule has 0 spiro atoms. The number of ether oxygens (including phenoxy) is 1. The van der Waals surface area contributed by atoms with Crippen LogP contribution in [0.2, 0.25) is 5.02 Å². The first kappa shape index (κ1) is 18.6. The van der Waals surface area contributed by atoms with Crippen molar-refractivity contribution >= 4 is 52.3 Å². The van der Waals surface area contributed by atoms with Gasteiger partial charge in [0, 0.05) is 22.0 Å². The molecule has 0 unspecified atom stereocenters. The van der Waals surface area contributed by atoms with E-state index in [2.05, 4.69) is 5.32 Å². The number of benzene rings is 1. The van der Waals surface area contributed by atoms with E-state index >= 15 is 0 Å². The van der Waals surface area contributed by atoms with Gasteiger partial charge in [0.2, 0.25) is 0 Å². The number of rotatable bonds is 6. The van der Waals surface area contributed by atoms with E-state index in [0.717, 1.165) is 10.4 Å². The Labute approximate surface area is 152 Å². The highest BCUT2D eigenvalue weighted by Crippen LogP contribution is 2.27. The molecule has 0 aliphatic rings. The number of carbonyl (C=O) groups excluding carboxylic acids is 2. The zero-order chi connectivity index (χ0) is 18.4. The van der Waals surface area contributed by atoms with Crippen LogP contribution in [0.3, 0.4) is 0 Å². The number of hydrogen-bond donors (Lipinski definition) is 1. The highest BCUT2D eigenvalue weighted by Gasteiger charge is 2.16. The number of nitrogens with one attached hydrogen (secondary N) is 1. The lowest BCUT2D eigenvalue weighted by atomic mass is 10.2. The molecule has 9 heteroatoms. The summed E-state index contributed by atoms with van der Waals surface area (Å²) in [4.78, 5) is 34.6. The van der Waals surface area contributed by atoms with Gasteiger partial charge in [-0.1, -0.05) is 11.6 Å². The van der Waals surface area contributed by atoms with Crippen LogP contribution < -0.4 is 5.32 Å². The molecule has 1 amide bonds. The van der Waals surface area contributed by atoms with Crippen molar-refractivity contribution in [2.75, 3.05) is 11.9 Å². The molecular formula is C16H13ClN2O5S. The number of nitro groups is 1. The van der Waals surface area contributed by atoms with Gasteiger partial charge in [0.1, 0.15) is 5.69 Å². The quantitative estimate of drug-likeness (QED) is 0.355. The summed E-state index contributed by atoms with van der Waals surface area (Å²) in [7, 11) is 0. The van der Waals surface area contributed by atoms with E-state index in [-0.39, 0.29) is 16.4 Å². The molecule has 1 aromatic heterocycles. The summed E-state index contributed by atoms with van der Waals surface area (Å²) in [5.41, 5.74) is 0.653. The second-order valence-corrected chi connectivity index (χ2v) is 6.26. The lowest BCUT2D eigenvalue weighted by Crippen LogP contribution is -2.20. The number of hydrogen-bond acceptors (Lipinski definition) is 6. The molecule has 0 atom stereocenters. The van der Waals surface area contributed by atoms with Crippen LogP contribution in [0.5, 0.6) is 0 Å². The van der Waals surface area contributed by atoms with Gasteiger partial charge in [0.05, 0.1) is 4.92 Å². The normalized spacial score (nSPS) is 10.6. The summed E-state index contributed by atoms with van der Waals surface area (Å²) in [6, 6.07) is 5.68. The van der Waals surface area contributed by atoms with Crippen LogP contribution in [-0.2, 0) is 14.3 Å².